The second-order valence-electron chi connectivity index (χ2n) is 10.1. The molecule has 1 saturated heterocycles. The summed E-state index contributed by atoms with van der Waals surface area (Å²) in [5, 5.41) is 8.51. The van der Waals surface area contributed by atoms with Crippen molar-refractivity contribution in [3.05, 3.63) is 84.3 Å². The highest BCUT2D eigenvalue weighted by Crippen LogP contribution is 2.46. The molecule has 6 rings (SSSR count). The van der Waals surface area contributed by atoms with Crippen LogP contribution in [0.15, 0.2) is 72.9 Å². The second kappa shape index (κ2) is 8.73. The lowest BCUT2D eigenvalue weighted by molar-refractivity contribution is -0.126. The first kappa shape index (κ1) is 23.2. The number of hydrogen-bond acceptors (Lipinski definition) is 4. The van der Waals surface area contributed by atoms with Crippen LogP contribution in [0.5, 0.6) is 5.75 Å². The first-order valence-corrected chi connectivity index (χ1v) is 12.4. The number of carbonyl (C=O) groups is 2. The van der Waals surface area contributed by atoms with Gasteiger partial charge in [-0.05, 0) is 73.0 Å². The van der Waals surface area contributed by atoms with Crippen molar-refractivity contribution in [3.63, 3.8) is 0 Å². The molecule has 1 aliphatic heterocycles. The molecule has 1 saturated carbocycles. The zero-order valence-electron chi connectivity index (χ0n) is 20.6. The first-order chi connectivity index (χ1) is 17.9. The number of nitrogens with zero attached hydrogens (tertiary/aromatic N) is 3. The Morgan fingerprint density at radius 1 is 1.08 bits per heavy atom. The monoisotopic (exact) mass is 498 g/mol. The van der Waals surface area contributed by atoms with E-state index in [1.165, 1.54) is 12.1 Å². The molecule has 2 aliphatic rings. The summed E-state index contributed by atoms with van der Waals surface area (Å²) in [6.45, 7) is 1.96. The van der Waals surface area contributed by atoms with Gasteiger partial charge in [-0.15, -0.1) is 0 Å². The van der Waals surface area contributed by atoms with Crippen molar-refractivity contribution < 1.29 is 18.7 Å². The number of halogens is 1. The van der Waals surface area contributed by atoms with Crippen LogP contribution in [-0.2, 0) is 9.59 Å². The summed E-state index contributed by atoms with van der Waals surface area (Å²) in [6.07, 6.45) is 3.66. The highest BCUT2D eigenvalue weighted by molar-refractivity contribution is 6.00. The molecule has 1 N–H and O–H groups in total. The van der Waals surface area contributed by atoms with Crippen molar-refractivity contribution in [3.8, 4) is 11.4 Å². The molecular formula is C29H27FN4O3. The van der Waals surface area contributed by atoms with E-state index in [1.807, 2.05) is 49.4 Å². The molecule has 7 nitrogen and oxygen atoms in total. The average Bonchev–Trinajstić information content (AvgIpc) is 3.39. The van der Waals surface area contributed by atoms with Crippen LogP contribution in [0.4, 0.5) is 10.1 Å². The Kier molecular flexibility index (Phi) is 5.47. The minimum absolute atomic E-state index is 0.00364. The Labute approximate surface area is 213 Å². The molecule has 4 aromatic rings. The Morgan fingerprint density at radius 3 is 2.57 bits per heavy atom. The number of carbonyl (C=O) groups excluding carboxylic acids is 2. The van der Waals surface area contributed by atoms with Crippen molar-refractivity contribution in [2.75, 3.05) is 12.0 Å². The zero-order valence-corrected chi connectivity index (χ0v) is 20.6. The van der Waals surface area contributed by atoms with E-state index in [1.54, 1.807) is 35.0 Å². The highest BCUT2D eigenvalue weighted by atomic mass is 19.1. The van der Waals surface area contributed by atoms with Gasteiger partial charge in [-0.2, -0.15) is 5.10 Å². The number of amides is 2. The van der Waals surface area contributed by atoms with E-state index < -0.39 is 6.04 Å². The van der Waals surface area contributed by atoms with E-state index >= 15 is 0 Å². The maximum atomic E-state index is 13.5. The van der Waals surface area contributed by atoms with Crippen molar-refractivity contribution in [2.45, 2.75) is 38.3 Å². The smallest absolute Gasteiger partial charge is 0.229 e. The summed E-state index contributed by atoms with van der Waals surface area (Å²) in [4.78, 5) is 28.2. The van der Waals surface area contributed by atoms with Crippen molar-refractivity contribution in [1.29, 1.82) is 0 Å². The van der Waals surface area contributed by atoms with Crippen molar-refractivity contribution in [2.24, 2.45) is 5.41 Å². The molecule has 2 atom stereocenters. The minimum atomic E-state index is -0.390. The van der Waals surface area contributed by atoms with Crippen LogP contribution in [0.1, 0.15) is 37.8 Å². The van der Waals surface area contributed by atoms with Crippen LogP contribution in [0.25, 0.3) is 16.6 Å². The molecule has 1 unspecified atom stereocenters. The van der Waals surface area contributed by atoms with E-state index in [-0.39, 0.29) is 35.5 Å². The predicted molar refractivity (Wildman–Crippen MR) is 138 cm³/mol. The van der Waals surface area contributed by atoms with Crippen LogP contribution >= 0.6 is 0 Å². The third-order valence-corrected chi connectivity index (χ3v) is 7.52. The fourth-order valence-electron chi connectivity index (χ4n) is 5.09. The van der Waals surface area contributed by atoms with Gasteiger partial charge in [0.2, 0.25) is 11.8 Å². The van der Waals surface area contributed by atoms with Crippen LogP contribution in [0, 0.1) is 11.2 Å². The minimum Gasteiger partial charge on any atom is -0.497 e. The molecule has 2 heterocycles. The van der Waals surface area contributed by atoms with Gasteiger partial charge in [0.05, 0.1) is 36.6 Å². The molecular weight excluding hydrogens is 471 g/mol. The quantitative estimate of drug-likeness (QED) is 0.409. The third-order valence-electron chi connectivity index (χ3n) is 7.52. The number of aromatic nitrogens is 2. The number of fused-ring (bicyclic) bond motifs is 1. The first-order valence-electron chi connectivity index (χ1n) is 12.4. The zero-order chi connectivity index (χ0) is 25.7. The normalized spacial score (nSPS) is 20.3. The lowest BCUT2D eigenvalue weighted by Crippen LogP contribution is -2.42. The molecule has 1 aliphatic carbocycles. The SMILES string of the molecule is COc1cccc([C@@H]2C(NC(=O)C3(C)CC3)CC(=O)N2c2ccc3c(cnn3-c3ccc(F)cc3)c2)c1. The van der Waals surface area contributed by atoms with Crippen molar-refractivity contribution in [1.82, 2.24) is 15.1 Å². The van der Waals surface area contributed by atoms with E-state index in [9.17, 15) is 14.0 Å². The molecule has 8 heteroatoms. The molecule has 0 radical (unpaired) electrons. The van der Waals surface area contributed by atoms with Gasteiger partial charge in [0, 0.05) is 22.9 Å². The number of nitrogens with one attached hydrogen (secondary N) is 1. The molecule has 2 fully saturated rings. The Morgan fingerprint density at radius 2 is 1.84 bits per heavy atom. The summed E-state index contributed by atoms with van der Waals surface area (Å²) in [5.74, 6) is 0.309. The molecule has 0 bridgehead atoms. The number of methoxy groups -OCH3 is 1. The van der Waals surface area contributed by atoms with Gasteiger partial charge >= 0.3 is 0 Å². The fourth-order valence-corrected chi connectivity index (χ4v) is 5.09. The number of ether oxygens (including phenoxy) is 1. The maximum Gasteiger partial charge on any atom is 0.229 e. The summed E-state index contributed by atoms with van der Waals surface area (Å²) < 4.78 is 20.6. The Balaban J connectivity index is 1.39. The molecule has 0 spiro atoms. The summed E-state index contributed by atoms with van der Waals surface area (Å²) in [6, 6.07) is 18.7. The van der Waals surface area contributed by atoms with E-state index in [0.717, 1.165) is 40.7 Å². The maximum absolute atomic E-state index is 13.5. The van der Waals surface area contributed by atoms with Gasteiger partial charge in [-0.1, -0.05) is 19.1 Å². The Bertz CT molecular complexity index is 1510. The topological polar surface area (TPSA) is 76.5 Å². The molecule has 1 aromatic heterocycles. The van der Waals surface area contributed by atoms with Crippen LogP contribution in [0.3, 0.4) is 0 Å². The van der Waals surface area contributed by atoms with E-state index in [0.29, 0.717) is 5.75 Å². The Hall–Kier alpha value is -4.20. The van der Waals surface area contributed by atoms with Crippen LogP contribution < -0.4 is 15.0 Å². The summed E-state index contributed by atoms with van der Waals surface area (Å²) in [5.41, 5.74) is 2.85. The number of anilines is 1. The van der Waals surface area contributed by atoms with Crippen molar-refractivity contribution >= 4 is 28.4 Å². The molecule has 188 valence electrons. The van der Waals surface area contributed by atoms with Gasteiger partial charge in [-0.25, -0.2) is 9.07 Å². The predicted octanol–water partition coefficient (Wildman–Crippen LogP) is 4.94. The summed E-state index contributed by atoms with van der Waals surface area (Å²) in [7, 11) is 1.61. The number of rotatable bonds is 6. The number of benzene rings is 3. The molecule has 2 amide bonds. The van der Waals surface area contributed by atoms with Gasteiger partial charge in [0.1, 0.15) is 11.6 Å². The van der Waals surface area contributed by atoms with E-state index in [4.69, 9.17) is 4.74 Å². The number of hydrogen-bond donors (Lipinski definition) is 1. The second-order valence-corrected chi connectivity index (χ2v) is 10.1. The average molecular weight is 499 g/mol. The van der Waals surface area contributed by atoms with Gasteiger partial charge in [0.15, 0.2) is 0 Å². The lowest BCUT2D eigenvalue weighted by Gasteiger charge is -2.30. The lowest BCUT2D eigenvalue weighted by atomic mass is 9.98. The summed E-state index contributed by atoms with van der Waals surface area (Å²) >= 11 is 0. The highest BCUT2D eigenvalue weighted by Gasteiger charge is 2.49. The fraction of sp³-hybridized carbons (Fsp3) is 0.276. The van der Waals surface area contributed by atoms with Gasteiger partial charge in [0.25, 0.3) is 0 Å². The largest absolute Gasteiger partial charge is 0.497 e. The van der Waals surface area contributed by atoms with Crippen LogP contribution in [0.2, 0.25) is 0 Å². The van der Waals surface area contributed by atoms with Gasteiger partial charge < -0.3 is 15.0 Å². The third kappa shape index (κ3) is 4.12. The van der Waals surface area contributed by atoms with E-state index in [2.05, 4.69) is 10.4 Å². The molecule has 37 heavy (non-hydrogen) atoms. The standard InChI is InChI=1S/C29H27FN4O3/c1-29(12-13-29)28(36)32-24-16-26(35)33(27(24)18-4-3-5-23(15-18)37-2)22-10-11-25-19(14-22)17-31-34(25)21-8-6-20(30)7-9-21/h3-11,14-15,17,24,27H,12-13,16H2,1-2H3,(H,32,36)/t24?,27-/m1/s1. The van der Waals surface area contributed by atoms with Gasteiger partial charge in [-0.3, -0.25) is 9.59 Å². The van der Waals surface area contributed by atoms with Crippen LogP contribution in [-0.4, -0.2) is 34.7 Å². The molecule has 3 aromatic carbocycles.